The number of rotatable bonds is 5. The van der Waals surface area contributed by atoms with Crippen LogP contribution in [0.4, 0.5) is 5.69 Å². The molecule has 0 radical (unpaired) electrons. The van der Waals surface area contributed by atoms with Gasteiger partial charge < -0.3 is 10.2 Å². The number of hydrogen-bond donors (Lipinski definition) is 1. The van der Waals surface area contributed by atoms with Crippen LogP contribution in [0.25, 0.3) is 0 Å². The first-order chi connectivity index (χ1) is 14.3. The monoisotopic (exact) mass is 400 g/mol. The largest absolute Gasteiger partial charge is 0.348 e. The molecule has 0 aliphatic heterocycles. The van der Waals surface area contributed by atoms with Gasteiger partial charge in [-0.05, 0) is 91.9 Å². The van der Waals surface area contributed by atoms with Crippen LogP contribution in [0.3, 0.4) is 0 Å². The lowest BCUT2D eigenvalue weighted by Gasteiger charge is -2.19. The Kier molecular flexibility index (Phi) is 6.36. The van der Waals surface area contributed by atoms with Crippen LogP contribution < -0.4 is 10.2 Å². The molecule has 0 bridgehead atoms. The second-order valence-electron chi connectivity index (χ2n) is 7.81. The van der Waals surface area contributed by atoms with Crippen LogP contribution in [0.15, 0.2) is 60.7 Å². The molecule has 4 nitrogen and oxygen atoms in total. The second-order valence-corrected chi connectivity index (χ2v) is 7.81. The number of carbonyl (C=O) groups excluding carboxylic acids is 2. The summed E-state index contributed by atoms with van der Waals surface area (Å²) in [5.74, 6) is -0.169. The summed E-state index contributed by atoms with van der Waals surface area (Å²) in [5, 5.41) is 2.96. The number of amides is 2. The Labute approximate surface area is 178 Å². The number of carbonyl (C=O) groups is 2. The molecular formula is C26H28N2O2. The molecule has 0 fully saturated rings. The van der Waals surface area contributed by atoms with E-state index < -0.39 is 0 Å². The van der Waals surface area contributed by atoms with Gasteiger partial charge in [-0.25, -0.2) is 0 Å². The molecule has 0 saturated heterocycles. The number of nitrogens with one attached hydrogen (secondary N) is 1. The Morgan fingerprint density at radius 3 is 2.00 bits per heavy atom. The van der Waals surface area contributed by atoms with E-state index in [1.54, 1.807) is 11.9 Å². The minimum Gasteiger partial charge on any atom is -0.348 e. The summed E-state index contributed by atoms with van der Waals surface area (Å²) in [7, 11) is 1.77. The van der Waals surface area contributed by atoms with Crippen LogP contribution in [0.1, 0.15) is 48.5 Å². The number of hydrogen-bond acceptors (Lipinski definition) is 2. The summed E-state index contributed by atoms with van der Waals surface area (Å²) in [4.78, 5) is 27.0. The SMILES string of the molecule is Cc1ccc(C(=O)NCc2cccc(N(C)C(=O)c3ccc(C)c(C)c3)c2)cc1C. The quantitative estimate of drug-likeness (QED) is 0.646. The molecule has 0 saturated carbocycles. The van der Waals surface area contributed by atoms with E-state index in [4.69, 9.17) is 0 Å². The van der Waals surface area contributed by atoms with Gasteiger partial charge in [0.25, 0.3) is 11.8 Å². The number of anilines is 1. The van der Waals surface area contributed by atoms with E-state index in [0.717, 1.165) is 33.5 Å². The molecule has 154 valence electrons. The molecule has 4 heteroatoms. The molecule has 2 amide bonds. The zero-order chi connectivity index (χ0) is 21.8. The Morgan fingerprint density at radius 1 is 0.767 bits per heavy atom. The van der Waals surface area contributed by atoms with Gasteiger partial charge in [0.2, 0.25) is 0 Å². The maximum absolute atomic E-state index is 12.9. The zero-order valence-corrected chi connectivity index (χ0v) is 18.2. The standard InChI is InChI=1S/C26H28N2O2/c1-17-9-11-22(13-19(17)3)25(29)27-16-21-7-6-8-24(15-21)28(5)26(30)23-12-10-18(2)20(4)14-23/h6-15H,16H2,1-5H3,(H,27,29). The molecule has 3 aromatic carbocycles. The van der Waals surface area contributed by atoms with Crippen molar-refractivity contribution in [3.63, 3.8) is 0 Å². The molecule has 0 unspecified atom stereocenters. The summed E-state index contributed by atoms with van der Waals surface area (Å²) < 4.78 is 0. The Morgan fingerprint density at radius 2 is 1.37 bits per heavy atom. The topological polar surface area (TPSA) is 49.4 Å². The Balaban J connectivity index is 1.70. The average molecular weight is 401 g/mol. The first-order valence-electron chi connectivity index (χ1n) is 10.1. The molecule has 0 heterocycles. The van der Waals surface area contributed by atoms with Crippen LogP contribution in [0.5, 0.6) is 0 Å². The van der Waals surface area contributed by atoms with Crippen LogP contribution in [-0.2, 0) is 6.54 Å². The highest BCUT2D eigenvalue weighted by Gasteiger charge is 2.15. The van der Waals surface area contributed by atoms with Crippen molar-refractivity contribution in [2.24, 2.45) is 0 Å². The maximum Gasteiger partial charge on any atom is 0.258 e. The molecule has 0 aliphatic rings. The second kappa shape index (κ2) is 8.95. The van der Waals surface area contributed by atoms with Gasteiger partial charge in [0.05, 0.1) is 0 Å². The average Bonchev–Trinajstić information content (AvgIpc) is 2.75. The van der Waals surface area contributed by atoms with E-state index in [1.165, 1.54) is 0 Å². The lowest BCUT2D eigenvalue weighted by Crippen LogP contribution is -2.27. The van der Waals surface area contributed by atoms with Crippen molar-refractivity contribution in [3.05, 3.63) is 99.6 Å². The third kappa shape index (κ3) is 4.77. The first kappa shape index (κ1) is 21.3. The summed E-state index contributed by atoms with van der Waals surface area (Å²) in [5.41, 5.74) is 7.55. The van der Waals surface area contributed by atoms with Gasteiger partial charge in [-0.1, -0.05) is 24.3 Å². The lowest BCUT2D eigenvalue weighted by molar-refractivity contribution is 0.0949. The minimum atomic E-state index is -0.108. The van der Waals surface area contributed by atoms with E-state index in [9.17, 15) is 9.59 Å². The third-order valence-electron chi connectivity index (χ3n) is 5.58. The fourth-order valence-electron chi connectivity index (χ4n) is 3.23. The van der Waals surface area contributed by atoms with Gasteiger partial charge in [-0.3, -0.25) is 9.59 Å². The van der Waals surface area contributed by atoms with Crippen LogP contribution in [-0.4, -0.2) is 18.9 Å². The molecule has 0 spiro atoms. The third-order valence-corrected chi connectivity index (χ3v) is 5.58. The number of nitrogens with zero attached hydrogens (tertiary/aromatic N) is 1. The van der Waals surface area contributed by atoms with E-state index >= 15 is 0 Å². The van der Waals surface area contributed by atoms with Gasteiger partial charge in [-0.15, -0.1) is 0 Å². The number of aryl methyl sites for hydroxylation is 4. The molecular weight excluding hydrogens is 372 g/mol. The fraction of sp³-hybridized carbons (Fsp3) is 0.231. The molecule has 1 N–H and O–H groups in total. The van der Waals surface area contributed by atoms with Crippen molar-refractivity contribution in [2.45, 2.75) is 34.2 Å². The van der Waals surface area contributed by atoms with E-state index in [-0.39, 0.29) is 11.8 Å². The fourth-order valence-corrected chi connectivity index (χ4v) is 3.23. The predicted molar refractivity (Wildman–Crippen MR) is 122 cm³/mol. The first-order valence-corrected chi connectivity index (χ1v) is 10.1. The molecule has 30 heavy (non-hydrogen) atoms. The van der Waals surface area contributed by atoms with E-state index in [0.29, 0.717) is 17.7 Å². The lowest BCUT2D eigenvalue weighted by atomic mass is 10.1. The summed E-state index contributed by atoms with van der Waals surface area (Å²) in [6.07, 6.45) is 0. The van der Waals surface area contributed by atoms with Gasteiger partial charge >= 0.3 is 0 Å². The van der Waals surface area contributed by atoms with Crippen molar-refractivity contribution in [2.75, 3.05) is 11.9 Å². The Hall–Kier alpha value is -3.40. The van der Waals surface area contributed by atoms with Crippen molar-refractivity contribution >= 4 is 17.5 Å². The van der Waals surface area contributed by atoms with E-state index in [1.807, 2.05) is 88.4 Å². The zero-order valence-electron chi connectivity index (χ0n) is 18.2. The molecule has 3 aromatic rings. The highest BCUT2D eigenvalue weighted by molar-refractivity contribution is 6.05. The van der Waals surface area contributed by atoms with Crippen LogP contribution in [0.2, 0.25) is 0 Å². The van der Waals surface area contributed by atoms with Crippen LogP contribution in [0, 0.1) is 27.7 Å². The summed E-state index contributed by atoms with van der Waals surface area (Å²) in [6.45, 7) is 8.45. The van der Waals surface area contributed by atoms with Crippen molar-refractivity contribution < 1.29 is 9.59 Å². The maximum atomic E-state index is 12.9. The predicted octanol–water partition coefficient (Wildman–Crippen LogP) is 5.13. The van der Waals surface area contributed by atoms with Crippen molar-refractivity contribution in [1.82, 2.24) is 5.32 Å². The molecule has 3 rings (SSSR count). The van der Waals surface area contributed by atoms with Gasteiger partial charge in [0.15, 0.2) is 0 Å². The van der Waals surface area contributed by atoms with Crippen LogP contribution >= 0.6 is 0 Å². The van der Waals surface area contributed by atoms with Gasteiger partial charge in [0, 0.05) is 30.4 Å². The normalized spacial score (nSPS) is 10.6. The smallest absolute Gasteiger partial charge is 0.258 e. The number of benzene rings is 3. The Bertz CT molecular complexity index is 1100. The van der Waals surface area contributed by atoms with Crippen molar-refractivity contribution in [1.29, 1.82) is 0 Å². The molecule has 0 aromatic heterocycles. The highest BCUT2D eigenvalue weighted by atomic mass is 16.2. The van der Waals surface area contributed by atoms with Gasteiger partial charge in [0.1, 0.15) is 0 Å². The highest BCUT2D eigenvalue weighted by Crippen LogP contribution is 2.19. The summed E-state index contributed by atoms with van der Waals surface area (Å²) >= 11 is 0. The molecule has 0 atom stereocenters. The van der Waals surface area contributed by atoms with Gasteiger partial charge in [-0.2, -0.15) is 0 Å². The van der Waals surface area contributed by atoms with Crippen molar-refractivity contribution in [3.8, 4) is 0 Å². The summed E-state index contributed by atoms with van der Waals surface area (Å²) in [6, 6.07) is 19.1. The molecule has 0 aliphatic carbocycles. The van der Waals surface area contributed by atoms with E-state index in [2.05, 4.69) is 5.32 Å². The minimum absolute atomic E-state index is 0.0607.